The van der Waals surface area contributed by atoms with Crippen molar-refractivity contribution in [1.29, 1.82) is 0 Å². The Bertz CT molecular complexity index is 1270. The van der Waals surface area contributed by atoms with E-state index in [1.165, 1.54) is 17.0 Å². The molecule has 2 amide bonds. The van der Waals surface area contributed by atoms with E-state index in [9.17, 15) is 18.0 Å². The minimum Gasteiger partial charge on any atom is -0.352 e. The van der Waals surface area contributed by atoms with Crippen LogP contribution in [0.2, 0.25) is 5.02 Å². The van der Waals surface area contributed by atoms with Gasteiger partial charge in [-0.2, -0.15) is 0 Å². The number of nitrogens with zero attached hydrogens (tertiary/aromatic N) is 2. The van der Waals surface area contributed by atoms with Crippen molar-refractivity contribution in [2.75, 3.05) is 10.8 Å². The first-order chi connectivity index (χ1) is 17.1. The molecule has 0 aliphatic heterocycles. The summed E-state index contributed by atoms with van der Waals surface area (Å²) < 4.78 is 28.3. The second-order valence-corrected chi connectivity index (χ2v) is 10.9. The predicted octanol–water partition coefficient (Wildman–Crippen LogP) is 4.48. The minimum absolute atomic E-state index is 0.0490. The number of carbonyl (C=O) groups excluding carboxylic acids is 2. The van der Waals surface area contributed by atoms with E-state index < -0.39 is 28.5 Å². The van der Waals surface area contributed by atoms with Crippen molar-refractivity contribution in [3.05, 3.63) is 95.5 Å². The van der Waals surface area contributed by atoms with E-state index in [0.29, 0.717) is 5.02 Å². The van der Waals surface area contributed by atoms with E-state index in [2.05, 4.69) is 5.32 Å². The van der Waals surface area contributed by atoms with Gasteiger partial charge in [0.05, 0.1) is 10.6 Å². The molecular weight excluding hydrogens is 498 g/mol. The molecule has 0 aliphatic rings. The normalized spacial score (nSPS) is 12.1. The van der Waals surface area contributed by atoms with Gasteiger partial charge in [-0.05, 0) is 62.7 Å². The Labute approximate surface area is 217 Å². The molecule has 7 nitrogen and oxygen atoms in total. The summed E-state index contributed by atoms with van der Waals surface area (Å²) in [5.74, 6) is -0.835. The van der Waals surface area contributed by atoms with Gasteiger partial charge in [0.25, 0.3) is 10.0 Å². The number of hydrogen-bond acceptors (Lipinski definition) is 4. The van der Waals surface area contributed by atoms with Crippen LogP contribution < -0.4 is 9.62 Å². The van der Waals surface area contributed by atoms with Crippen molar-refractivity contribution in [1.82, 2.24) is 10.2 Å². The molecule has 1 N–H and O–H groups in total. The van der Waals surface area contributed by atoms with Gasteiger partial charge in [0, 0.05) is 17.6 Å². The van der Waals surface area contributed by atoms with Gasteiger partial charge in [-0.25, -0.2) is 8.42 Å². The molecule has 0 fully saturated rings. The Morgan fingerprint density at radius 1 is 0.861 bits per heavy atom. The van der Waals surface area contributed by atoms with E-state index in [1.54, 1.807) is 49.4 Å². The fraction of sp³-hybridized carbons (Fsp3) is 0.259. The molecule has 0 radical (unpaired) electrons. The van der Waals surface area contributed by atoms with Crippen molar-refractivity contribution in [3.8, 4) is 0 Å². The number of anilines is 1. The van der Waals surface area contributed by atoms with Gasteiger partial charge in [-0.1, -0.05) is 60.1 Å². The Hall–Kier alpha value is -3.36. The van der Waals surface area contributed by atoms with Crippen LogP contribution in [0, 0.1) is 0 Å². The number of sulfonamides is 1. The second kappa shape index (κ2) is 12.1. The zero-order chi connectivity index (χ0) is 26.3. The first-order valence-corrected chi connectivity index (χ1v) is 13.4. The van der Waals surface area contributed by atoms with Crippen molar-refractivity contribution in [2.45, 2.75) is 44.3 Å². The summed E-state index contributed by atoms with van der Waals surface area (Å²) in [5.41, 5.74) is 1.11. The molecule has 9 heteroatoms. The average Bonchev–Trinajstić information content (AvgIpc) is 2.86. The third-order valence-electron chi connectivity index (χ3n) is 5.52. The lowest BCUT2D eigenvalue weighted by molar-refractivity contribution is -0.139. The average molecular weight is 528 g/mol. The van der Waals surface area contributed by atoms with Gasteiger partial charge in [-0.15, -0.1) is 0 Å². The van der Waals surface area contributed by atoms with Crippen molar-refractivity contribution in [2.24, 2.45) is 0 Å². The standard InChI is InChI=1S/C27H30ClN3O4S/c1-20(2)29-27(33)21(3)30(18-22-10-6-4-7-11-22)26(32)19-31(24-16-14-23(28)15-17-24)36(34,35)25-12-8-5-9-13-25/h4-17,20-21H,18-19H2,1-3H3,(H,29,33)/t21-/m1/s1. The molecule has 0 aliphatic carbocycles. The highest BCUT2D eigenvalue weighted by molar-refractivity contribution is 7.92. The maximum atomic E-state index is 13.7. The number of amides is 2. The van der Waals surface area contributed by atoms with Gasteiger partial charge in [-0.3, -0.25) is 13.9 Å². The quantitative estimate of drug-likeness (QED) is 0.421. The number of benzene rings is 3. The Kier molecular flexibility index (Phi) is 9.12. The summed E-state index contributed by atoms with van der Waals surface area (Å²) >= 11 is 6.02. The molecule has 0 unspecified atom stereocenters. The van der Waals surface area contributed by atoms with Crippen LogP contribution in [0.3, 0.4) is 0 Å². The molecule has 1 atom stereocenters. The fourth-order valence-corrected chi connectivity index (χ4v) is 5.18. The number of carbonyl (C=O) groups is 2. The maximum Gasteiger partial charge on any atom is 0.264 e. The lowest BCUT2D eigenvalue weighted by atomic mass is 10.1. The molecule has 190 valence electrons. The number of rotatable bonds is 10. The van der Waals surface area contributed by atoms with Crippen molar-refractivity contribution in [3.63, 3.8) is 0 Å². The Balaban J connectivity index is 2.00. The zero-order valence-electron chi connectivity index (χ0n) is 20.5. The topological polar surface area (TPSA) is 86.8 Å². The molecular formula is C27H30ClN3O4S. The summed E-state index contributed by atoms with van der Waals surface area (Å²) in [7, 11) is -4.09. The number of halogens is 1. The van der Waals surface area contributed by atoms with Gasteiger partial charge >= 0.3 is 0 Å². The van der Waals surface area contributed by atoms with Gasteiger partial charge in [0.1, 0.15) is 12.6 Å². The summed E-state index contributed by atoms with van der Waals surface area (Å²) in [5, 5.41) is 3.27. The summed E-state index contributed by atoms with van der Waals surface area (Å²) in [6.45, 7) is 4.96. The van der Waals surface area contributed by atoms with E-state index in [4.69, 9.17) is 11.6 Å². The van der Waals surface area contributed by atoms with Crippen LogP contribution in [0.15, 0.2) is 89.8 Å². The van der Waals surface area contributed by atoms with E-state index in [0.717, 1.165) is 9.87 Å². The third kappa shape index (κ3) is 6.86. The van der Waals surface area contributed by atoms with E-state index in [-0.39, 0.29) is 29.1 Å². The third-order valence-corrected chi connectivity index (χ3v) is 7.56. The molecule has 36 heavy (non-hydrogen) atoms. The van der Waals surface area contributed by atoms with Crippen LogP contribution in [0.1, 0.15) is 26.3 Å². The second-order valence-electron chi connectivity index (χ2n) is 8.65. The summed E-state index contributed by atoms with van der Waals surface area (Å²) in [6, 6.07) is 22.4. The van der Waals surface area contributed by atoms with E-state index in [1.807, 2.05) is 44.2 Å². The molecule has 0 saturated heterocycles. The molecule has 0 bridgehead atoms. The van der Waals surface area contributed by atoms with Crippen LogP contribution in [0.25, 0.3) is 0 Å². The van der Waals surface area contributed by atoms with Crippen LogP contribution in [-0.4, -0.2) is 43.8 Å². The van der Waals surface area contributed by atoms with Crippen LogP contribution in [-0.2, 0) is 26.2 Å². The predicted molar refractivity (Wildman–Crippen MR) is 142 cm³/mol. The lowest BCUT2D eigenvalue weighted by Gasteiger charge is -2.32. The SMILES string of the molecule is CC(C)NC(=O)[C@@H](C)N(Cc1ccccc1)C(=O)CN(c1ccc(Cl)cc1)S(=O)(=O)c1ccccc1. The van der Waals surface area contributed by atoms with Crippen LogP contribution in [0.5, 0.6) is 0 Å². The molecule has 0 aromatic heterocycles. The van der Waals surface area contributed by atoms with E-state index >= 15 is 0 Å². The largest absolute Gasteiger partial charge is 0.352 e. The van der Waals surface area contributed by atoms with Crippen molar-refractivity contribution >= 4 is 39.1 Å². The highest BCUT2D eigenvalue weighted by atomic mass is 35.5. The highest BCUT2D eigenvalue weighted by Crippen LogP contribution is 2.26. The Morgan fingerprint density at radius 2 is 1.42 bits per heavy atom. The molecule has 3 aromatic rings. The van der Waals surface area contributed by atoms with Crippen molar-refractivity contribution < 1.29 is 18.0 Å². The van der Waals surface area contributed by atoms with Gasteiger partial charge in [0.15, 0.2) is 0 Å². The Morgan fingerprint density at radius 3 is 1.97 bits per heavy atom. The molecule has 0 saturated carbocycles. The fourth-order valence-electron chi connectivity index (χ4n) is 3.62. The minimum atomic E-state index is -4.09. The van der Waals surface area contributed by atoms with Crippen LogP contribution in [0.4, 0.5) is 5.69 Å². The van der Waals surface area contributed by atoms with Gasteiger partial charge in [0.2, 0.25) is 11.8 Å². The maximum absolute atomic E-state index is 13.7. The smallest absolute Gasteiger partial charge is 0.264 e. The first kappa shape index (κ1) is 27.2. The summed E-state index contributed by atoms with van der Waals surface area (Å²) in [6.07, 6.45) is 0. The molecule has 3 aromatic carbocycles. The highest BCUT2D eigenvalue weighted by Gasteiger charge is 2.32. The molecule has 0 heterocycles. The number of nitrogens with one attached hydrogen (secondary N) is 1. The first-order valence-electron chi connectivity index (χ1n) is 11.6. The lowest BCUT2D eigenvalue weighted by Crippen LogP contribution is -2.52. The zero-order valence-corrected chi connectivity index (χ0v) is 22.0. The molecule has 0 spiro atoms. The molecule has 3 rings (SSSR count). The monoisotopic (exact) mass is 527 g/mol. The summed E-state index contributed by atoms with van der Waals surface area (Å²) in [4.78, 5) is 28.0. The van der Waals surface area contributed by atoms with Crippen LogP contribution >= 0.6 is 11.6 Å². The van der Waals surface area contributed by atoms with Gasteiger partial charge < -0.3 is 10.2 Å². The number of hydrogen-bond donors (Lipinski definition) is 1.